The molecule has 1 saturated heterocycles. The first-order valence-corrected chi connectivity index (χ1v) is 8.53. The average molecular weight is 310 g/mol. The molecule has 1 atom stereocenters. The van der Waals surface area contributed by atoms with Gasteiger partial charge in [-0.2, -0.15) is 0 Å². The van der Waals surface area contributed by atoms with Gasteiger partial charge in [-0.25, -0.2) is 8.42 Å². The summed E-state index contributed by atoms with van der Waals surface area (Å²) in [5.74, 6) is 0.823. The summed E-state index contributed by atoms with van der Waals surface area (Å²) in [6, 6.07) is -0.0717. The van der Waals surface area contributed by atoms with Crippen molar-refractivity contribution in [3.8, 4) is 0 Å². The van der Waals surface area contributed by atoms with Gasteiger partial charge in [0.15, 0.2) is 9.84 Å². The standard InChI is InChI=1S/C10H16BrNO3S/c11-6-10(13)12-4-1-5-16(14,15)7-9(12)8-2-3-8/h8-9H,1-7H2. The van der Waals surface area contributed by atoms with Crippen LogP contribution >= 0.6 is 15.9 Å². The molecule has 4 nitrogen and oxygen atoms in total. The van der Waals surface area contributed by atoms with Crippen molar-refractivity contribution in [2.24, 2.45) is 5.92 Å². The molecule has 0 aromatic carbocycles. The van der Waals surface area contributed by atoms with Gasteiger partial charge < -0.3 is 4.90 Å². The van der Waals surface area contributed by atoms with Gasteiger partial charge in [-0.15, -0.1) is 0 Å². The van der Waals surface area contributed by atoms with E-state index >= 15 is 0 Å². The van der Waals surface area contributed by atoms with Crippen molar-refractivity contribution < 1.29 is 13.2 Å². The molecule has 0 aromatic rings. The van der Waals surface area contributed by atoms with E-state index in [-0.39, 0.29) is 28.8 Å². The van der Waals surface area contributed by atoms with Crippen molar-refractivity contribution in [3.63, 3.8) is 0 Å². The lowest BCUT2D eigenvalue weighted by molar-refractivity contribution is -0.130. The average Bonchev–Trinajstić information content (AvgIpc) is 3.02. The molecule has 92 valence electrons. The molecule has 2 rings (SSSR count). The predicted octanol–water partition coefficient (Wildman–Crippen LogP) is 0.807. The van der Waals surface area contributed by atoms with Crippen LogP contribution in [0, 0.1) is 5.92 Å². The number of alkyl halides is 1. The molecule has 1 aliphatic carbocycles. The number of nitrogens with zero attached hydrogens (tertiary/aromatic N) is 1. The molecule has 6 heteroatoms. The number of rotatable bonds is 2. The number of carbonyl (C=O) groups excluding carboxylic acids is 1. The molecule has 0 bridgehead atoms. The quantitative estimate of drug-likeness (QED) is 0.709. The second kappa shape index (κ2) is 4.64. The lowest BCUT2D eigenvalue weighted by Crippen LogP contribution is -2.44. The van der Waals surface area contributed by atoms with Gasteiger partial charge in [-0.1, -0.05) is 15.9 Å². The van der Waals surface area contributed by atoms with Crippen LogP contribution in [0.2, 0.25) is 0 Å². The smallest absolute Gasteiger partial charge is 0.233 e. The van der Waals surface area contributed by atoms with E-state index in [1.54, 1.807) is 4.90 Å². The molecule has 0 N–H and O–H groups in total. The first-order valence-electron chi connectivity index (χ1n) is 5.59. The van der Waals surface area contributed by atoms with Gasteiger partial charge in [0.05, 0.1) is 16.8 Å². The van der Waals surface area contributed by atoms with E-state index in [0.717, 1.165) is 12.8 Å². The van der Waals surface area contributed by atoms with Crippen molar-refractivity contribution >= 4 is 31.7 Å². The number of carbonyl (C=O) groups is 1. The number of hydrogen-bond donors (Lipinski definition) is 0. The number of hydrogen-bond acceptors (Lipinski definition) is 3. The summed E-state index contributed by atoms with van der Waals surface area (Å²) in [7, 11) is -2.96. The SMILES string of the molecule is O=C(CBr)N1CCCS(=O)(=O)CC1C1CC1. The number of amides is 1. The molecule has 2 fully saturated rings. The van der Waals surface area contributed by atoms with Crippen molar-refractivity contribution in [2.75, 3.05) is 23.4 Å². The minimum Gasteiger partial charge on any atom is -0.338 e. The van der Waals surface area contributed by atoms with Crippen LogP contribution in [0.1, 0.15) is 19.3 Å². The van der Waals surface area contributed by atoms with Gasteiger partial charge in [0, 0.05) is 12.6 Å². The van der Waals surface area contributed by atoms with E-state index in [4.69, 9.17) is 0 Å². The highest BCUT2D eigenvalue weighted by molar-refractivity contribution is 9.09. The van der Waals surface area contributed by atoms with Gasteiger partial charge in [0.2, 0.25) is 5.91 Å². The van der Waals surface area contributed by atoms with Crippen LogP contribution in [0.4, 0.5) is 0 Å². The fourth-order valence-corrected chi connectivity index (χ4v) is 4.34. The highest BCUT2D eigenvalue weighted by Gasteiger charge is 2.41. The molecule has 1 amide bonds. The maximum absolute atomic E-state index is 11.8. The Morgan fingerprint density at radius 1 is 1.38 bits per heavy atom. The first-order chi connectivity index (χ1) is 7.53. The Hall–Kier alpha value is -0.100. The monoisotopic (exact) mass is 309 g/mol. The molecule has 0 spiro atoms. The number of sulfone groups is 1. The van der Waals surface area contributed by atoms with Crippen LogP contribution in [0.15, 0.2) is 0 Å². The van der Waals surface area contributed by atoms with Crippen molar-refractivity contribution in [1.82, 2.24) is 4.90 Å². The van der Waals surface area contributed by atoms with Crippen LogP contribution in [-0.2, 0) is 14.6 Å². The normalized spacial score (nSPS) is 29.8. The Balaban J connectivity index is 2.19. The summed E-state index contributed by atoms with van der Waals surface area (Å²) in [5.41, 5.74) is 0. The van der Waals surface area contributed by atoms with Crippen molar-refractivity contribution in [2.45, 2.75) is 25.3 Å². The van der Waals surface area contributed by atoms with Crippen LogP contribution in [0.5, 0.6) is 0 Å². The highest BCUT2D eigenvalue weighted by Crippen LogP contribution is 2.37. The minimum absolute atomic E-state index is 0.0222. The molecule has 1 saturated carbocycles. The molecule has 0 radical (unpaired) electrons. The lowest BCUT2D eigenvalue weighted by atomic mass is 10.1. The molecular formula is C10H16BrNO3S. The van der Waals surface area contributed by atoms with Gasteiger partial charge in [-0.05, 0) is 25.2 Å². The van der Waals surface area contributed by atoms with Gasteiger partial charge in [-0.3, -0.25) is 4.79 Å². The third-order valence-corrected chi connectivity index (χ3v) is 5.52. The Kier molecular flexibility index (Phi) is 3.59. The van der Waals surface area contributed by atoms with Crippen molar-refractivity contribution in [1.29, 1.82) is 0 Å². The molecule has 1 aliphatic heterocycles. The van der Waals surface area contributed by atoms with E-state index in [9.17, 15) is 13.2 Å². The topological polar surface area (TPSA) is 54.5 Å². The maximum Gasteiger partial charge on any atom is 0.233 e. The zero-order chi connectivity index (χ0) is 11.8. The molecule has 0 aromatic heterocycles. The molecule has 1 heterocycles. The minimum atomic E-state index is -2.96. The van der Waals surface area contributed by atoms with E-state index in [1.165, 1.54) is 0 Å². The Bertz CT molecular complexity index is 378. The summed E-state index contributed by atoms with van der Waals surface area (Å²) in [6.45, 7) is 0.588. The second-order valence-corrected chi connectivity index (χ2v) is 7.38. The van der Waals surface area contributed by atoms with Crippen molar-refractivity contribution in [3.05, 3.63) is 0 Å². The summed E-state index contributed by atoms with van der Waals surface area (Å²) >= 11 is 3.16. The molecular weight excluding hydrogens is 294 g/mol. The summed E-state index contributed by atoms with van der Waals surface area (Å²) in [6.07, 6.45) is 2.70. The third-order valence-electron chi connectivity index (χ3n) is 3.28. The molecule has 2 aliphatic rings. The second-order valence-electron chi connectivity index (χ2n) is 4.59. The number of halogens is 1. The largest absolute Gasteiger partial charge is 0.338 e. The summed E-state index contributed by atoms with van der Waals surface area (Å²) in [4.78, 5) is 13.5. The fraction of sp³-hybridized carbons (Fsp3) is 0.900. The Labute approximate surface area is 104 Å². The van der Waals surface area contributed by atoms with Gasteiger partial charge >= 0.3 is 0 Å². The lowest BCUT2D eigenvalue weighted by Gasteiger charge is -2.29. The first kappa shape index (κ1) is 12.4. The van der Waals surface area contributed by atoms with E-state index in [1.807, 2.05) is 0 Å². The van der Waals surface area contributed by atoms with E-state index in [0.29, 0.717) is 18.9 Å². The summed E-state index contributed by atoms with van der Waals surface area (Å²) < 4.78 is 23.4. The van der Waals surface area contributed by atoms with Crippen LogP contribution in [0.3, 0.4) is 0 Å². The predicted molar refractivity (Wildman–Crippen MR) is 65.3 cm³/mol. The maximum atomic E-state index is 11.8. The zero-order valence-corrected chi connectivity index (χ0v) is 11.5. The Morgan fingerprint density at radius 3 is 2.62 bits per heavy atom. The third kappa shape index (κ3) is 2.77. The van der Waals surface area contributed by atoms with Crippen LogP contribution in [-0.4, -0.2) is 48.6 Å². The van der Waals surface area contributed by atoms with Crippen LogP contribution in [0.25, 0.3) is 0 Å². The molecule has 16 heavy (non-hydrogen) atoms. The zero-order valence-electron chi connectivity index (χ0n) is 9.06. The van der Waals surface area contributed by atoms with E-state index in [2.05, 4.69) is 15.9 Å². The van der Waals surface area contributed by atoms with Gasteiger partial charge in [0.1, 0.15) is 0 Å². The van der Waals surface area contributed by atoms with E-state index < -0.39 is 9.84 Å². The molecule has 1 unspecified atom stereocenters. The van der Waals surface area contributed by atoms with Crippen LogP contribution < -0.4 is 0 Å². The van der Waals surface area contributed by atoms with Gasteiger partial charge in [0.25, 0.3) is 0 Å². The highest BCUT2D eigenvalue weighted by atomic mass is 79.9. The Morgan fingerprint density at radius 2 is 2.06 bits per heavy atom. The summed E-state index contributed by atoms with van der Waals surface area (Å²) in [5, 5.41) is 0.288. The fourth-order valence-electron chi connectivity index (χ4n) is 2.31.